The Morgan fingerprint density at radius 1 is 1.27 bits per heavy atom. The van der Waals surface area contributed by atoms with Crippen molar-refractivity contribution in [3.05, 3.63) is 35.4 Å². The molecule has 0 spiro atoms. The summed E-state index contributed by atoms with van der Waals surface area (Å²) in [6.45, 7) is 7.12. The molecule has 0 heterocycles. The zero-order valence-corrected chi connectivity index (χ0v) is 9.74. The maximum absolute atomic E-state index is 11.9. The maximum Gasteiger partial charge on any atom is 0.194 e. The summed E-state index contributed by atoms with van der Waals surface area (Å²) < 4.78 is 0. The van der Waals surface area contributed by atoms with Gasteiger partial charge in [0.05, 0.1) is 0 Å². The zero-order chi connectivity index (χ0) is 11.6. The van der Waals surface area contributed by atoms with Crippen LogP contribution in [0.3, 0.4) is 0 Å². The van der Waals surface area contributed by atoms with E-state index in [1.54, 1.807) is 6.07 Å². The van der Waals surface area contributed by atoms with Gasteiger partial charge in [0.25, 0.3) is 0 Å². The van der Waals surface area contributed by atoms with Gasteiger partial charge in [0.1, 0.15) is 5.60 Å². The summed E-state index contributed by atoms with van der Waals surface area (Å²) in [5, 5.41) is 9.70. The number of ketones is 1. The van der Waals surface area contributed by atoms with Crippen LogP contribution in [0.2, 0.25) is 0 Å². The fourth-order valence-corrected chi connectivity index (χ4v) is 1.54. The highest BCUT2D eigenvalue weighted by Crippen LogP contribution is 2.23. The van der Waals surface area contributed by atoms with Crippen LogP contribution >= 0.6 is 0 Å². The van der Waals surface area contributed by atoms with E-state index in [-0.39, 0.29) is 11.7 Å². The van der Waals surface area contributed by atoms with Crippen molar-refractivity contribution in [1.82, 2.24) is 0 Å². The van der Waals surface area contributed by atoms with Crippen molar-refractivity contribution in [2.75, 3.05) is 0 Å². The Bertz CT molecular complexity index is 359. The Morgan fingerprint density at radius 3 is 2.27 bits per heavy atom. The molecule has 1 N–H and O–H groups in total. The van der Waals surface area contributed by atoms with E-state index < -0.39 is 5.60 Å². The van der Waals surface area contributed by atoms with Crippen molar-refractivity contribution < 1.29 is 9.90 Å². The lowest BCUT2D eigenvalue weighted by molar-refractivity contribution is 0.0486. The van der Waals surface area contributed by atoms with Gasteiger partial charge in [-0.3, -0.25) is 4.79 Å². The highest BCUT2D eigenvalue weighted by Gasteiger charge is 2.27. The molecule has 15 heavy (non-hydrogen) atoms. The molecule has 0 radical (unpaired) electrons. The van der Waals surface area contributed by atoms with Gasteiger partial charge >= 0.3 is 0 Å². The molecule has 1 aromatic rings. The van der Waals surface area contributed by atoms with E-state index in [9.17, 15) is 9.90 Å². The zero-order valence-electron chi connectivity index (χ0n) is 9.74. The van der Waals surface area contributed by atoms with Gasteiger partial charge in [-0.15, -0.1) is 0 Å². The molecule has 0 fully saturated rings. The normalized spacial score (nSPS) is 11.9. The predicted molar refractivity (Wildman–Crippen MR) is 61.2 cm³/mol. The van der Waals surface area contributed by atoms with E-state index in [2.05, 4.69) is 0 Å². The third kappa shape index (κ3) is 2.66. The third-order valence-electron chi connectivity index (χ3n) is 2.38. The molecule has 2 nitrogen and oxygen atoms in total. The van der Waals surface area contributed by atoms with Gasteiger partial charge < -0.3 is 5.11 Å². The lowest BCUT2D eigenvalue weighted by Crippen LogP contribution is -2.32. The van der Waals surface area contributed by atoms with Gasteiger partial charge in [-0.1, -0.05) is 38.1 Å². The van der Waals surface area contributed by atoms with Crippen molar-refractivity contribution >= 4 is 5.78 Å². The Balaban J connectivity index is 3.20. The quantitative estimate of drug-likeness (QED) is 0.772. The second kappa shape index (κ2) is 4.15. The first-order chi connectivity index (χ1) is 6.84. The van der Waals surface area contributed by atoms with Crippen molar-refractivity contribution in [2.24, 2.45) is 0 Å². The molecule has 0 atom stereocenters. The van der Waals surface area contributed by atoms with Gasteiger partial charge in [0.2, 0.25) is 0 Å². The van der Waals surface area contributed by atoms with Crippen molar-refractivity contribution in [3.8, 4) is 0 Å². The minimum absolute atomic E-state index is 0.216. The molecule has 0 aliphatic heterocycles. The Labute approximate surface area is 90.9 Å². The molecule has 0 aromatic heterocycles. The average Bonchev–Trinajstić information content (AvgIpc) is 2.15. The molecule has 1 aromatic carbocycles. The van der Waals surface area contributed by atoms with Crippen molar-refractivity contribution in [2.45, 2.75) is 39.2 Å². The lowest BCUT2D eigenvalue weighted by atomic mass is 9.89. The molecule has 0 amide bonds. The van der Waals surface area contributed by atoms with E-state index in [0.29, 0.717) is 5.56 Å². The smallest absolute Gasteiger partial charge is 0.194 e. The first-order valence-electron chi connectivity index (χ1n) is 5.20. The van der Waals surface area contributed by atoms with E-state index >= 15 is 0 Å². The van der Waals surface area contributed by atoms with Crippen LogP contribution in [0.5, 0.6) is 0 Å². The molecule has 0 bridgehead atoms. The predicted octanol–water partition coefficient (Wildman–Crippen LogP) is 2.76. The Morgan fingerprint density at radius 2 is 1.80 bits per heavy atom. The van der Waals surface area contributed by atoms with Crippen LogP contribution in [0.4, 0.5) is 0 Å². The van der Waals surface area contributed by atoms with Gasteiger partial charge in [-0.05, 0) is 25.3 Å². The van der Waals surface area contributed by atoms with Gasteiger partial charge in [-0.2, -0.15) is 0 Å². The number of carbonyl (C=O) groups excluding carboxylic acids is 1. The maximum atomic E-state index is 11.9. The molecule has 0 aliphatic carbocycles. The highest BCUT2D eigenvalue weighted by atomic mass is 16.3. The Hall–Kier alpha value is -1.15. The van der Waals surface area contributed by atoms with Gasteiger partial charge in [0.15, 0.2) is 5.78 Å². The molecular weight excluding hydrogens is 188 g/mol. The number of hydrogen-bond donors (Lipinski definition) is 1. The first kappa shape index (κ1) is 11.9. The van der Waals surface area contributed by atoms with Crippen LogP contribution in [0.15, 0.2) is 24.3 Å². The number of aliphatic hydroxyl groups is 1. The first-order valence-corrected chi connectivity index (χ1v) is 5.20. The van der Waals surface area contributed by atoms with Crippen molar-refractivity contribution in [1.29, 1.82) is 0 Å². The third-order valence-corrected chi connectivity index (χ3v) is 2.38. The fraction of sp³-hybridized carbons (Fsp3) is 0.462. The molecule has 0 saturated carbocycles. The van der Waals surface area contributed by atoms with Gasteiger partial charge in [-0.25, -0.2) is 0 Å². The SMILES string of the molecule is CC(C)c1ccccc1C(=O)C(C)(C)O. The average molecular weight is 206 g/mol. The molecule has 82 valence electrons. The topological polar surface area (TPSA) is 37.3 Å². The van der Waals surface area contributed by atoms with Crippen LogP contribution in [-0.4, -0.2) is 16.5 Å². The molecule has 0 unspecified atom stereocenters. The van der Waals surface area contributed by atoms with Crippen LogP contribution in [0, 0.1) is 0 Å². The summed E-state index contributed by atoms with van der Waals surface area (Å²) in [5.41, 5.74) is 0.315. The molecule has 2 heteroatoms. The summed E-state index contributed by atoms with van der Waals surface area (Å²) in [6, 6.07) is 7.45. The van der Waals surface area contributed by atoms with E-state index in [1.165, 1.54) is 13.8 Å². The summed E-state index contributed by atoms with van der Waals surface area (Å²) >= 11 is 0. The van der Waals surface area contributed by atoms with E-state index in [4.69, 9.17) is 0 Å². The number of rotatable bonds is 3. The minimum atomic E-state index is -1.30. The van der Waals surface area contributed by atoms with Crippen LogP contribution in [-0.2, 0) is 0 Å². The van der Waals surface area contributed by atoms with Crippen LogP contribution < -0.4 is 0 Å². The number of hydrogen-bond acceptors (Lipinski definition) is 2. The summed E-state index contributed by atoms with van der Waals surface area (Å²) in [5.74, 6) is 0.0688. The highest BCUT2D eigenvalue weighted by molar-refractivity contribution is 6.03. The minimum Gasteiger partial charge on any atom is -0.382 e. The summed E-state index contributed by atoms with van der Waals surface area (Å²) in [7, 11) is 0. The fourth-order valence-electron chi connectivity index (χ4n) is 1.54. The number of carbonyl (C=O) groups is 1. The van der Waals surface area contributed by atoms with Crippen molar-refractivity contribution in [3.63, 3.8) is 0 Å². The van der Waals surface area contributed by atoms with Gasteiger partial charge in [0, 0.05) is 5.56 Å². The number of benzene rings is 1. The lowest BCUT2D eigenvalue weighted by Gasteiger charge is -2.19. The van der Waals surface area contributed by atoms with E-state index in [1.807, 2.05) is 32.0 Å². The number of Topliss-reactive ketones (excluding diaryl/α,β-unsaturated/α-hetero) is 1. The summed E-state index contributed by atoms with van der Waals surface area (Å²) in [6.07, 6.45) is 0. The van der Waals surface area contributed by atoms with E-state index in [0.717, 1.165) is 5.56 Å². The molecule has 0 aliphatic rings. The largest absolute Gasteiger partial charge is 0.382 e. The second-order valence-electron chi connectivity index (χ2n) is 4.63. The molecule has 1 rings (SSSR count). The second-order valence-corrected chi connectivity index (χ2v) is 4.63. The van der Waals surface area contributed by atoms with Crippen LogP contribution in [0.25, 0.3) is 0 Å². The molecular formula is C13H18O2. The standard InChI is InChI=1S/C13H18O2/c1-9(2)10-7-5-6-8-11(10)12(14)13(3,4)15/h5-9,15H,1-4H3. The molecule has 0 saturated heterocycles. The van der Waals surface area contributed by atoms with Crippen LogP contribution in [0.1, 0.15) is 49.5 Å². The summed E-state index contributed by atoms with van der Waals surface area (Å²) in [4.78, 5) is 11.9. The Kier molecular flexibility index (Phi) is 3.30. The monoisotopic (exact) mass is 206 g/mol.